The van der Waals surface area contributed by atoms with Gasteiger partial charge in [-0.3, -0.25) is 14.0 Å². The summed E-state index contributed by atoms with van der Waals surface area (Å²) in [4.78, 5) is 36.2. The van der Waals surface area contributed by atoms with E-state index in [1.54, 1.807) is 50.4 Å². The van der Waals surface area contributed by atoms with Crippen molar-refractivity contribution in [3.05, 3.63) is 64.7 Å². The van der Waals surface area contributed by atoms with Crippen molar-refractivity contribution in [1.29, 1.82) is 0 Å². The molecule has 1 aliphatic rings. The lowest BCUT2D eigenvalue weighted by atomic mass is 10.1. The minimum Gasteiger partial charge on any atom is -0.481 e. The number of amides is 1. The molecule has 0 radical (unpaired) electrons. The van der Waals surface area contributed by atoms with Gasteiger partial charge in [-0.05, 0) is 35.2 Å². The molecule has 0 unspecified atom stereocenters. The Morgan fingerprint density at radius 3 is 2.64 bits per heavy atom. The van der Waals surface area contributed by atoms with Crippen LogP contribution >= 0.6 is 0 Å². The molecule has 0 spiro atoms. The summed E-state index contributed by atoms with van der Waals surface area (Å²) in [6.45, 7) is 3.82. The van der Waals surface area contributed by atoms with Gasteiger partial charge in [0.2, 0.25) is 5.91 Å². The van der Waals surface area contributed by atoms with Crippen LogP contribution in [0.15, 0.2) is 53.5 Å². The molecule has 0 saturated heterocycles. The molecule has 1 amide bonds. The number of carbonyl (C=O) groups excluding carboxylic acids is 1. The molecule has 28 heavy (non-hydrogen) atoms. The van der Waals surface area contributed by atoms with E-state index in [2.05, 4.69) is 10.4 Å². The van der Waals surface area contributed by atoms with Crippen LogP contribution in [0, 0.1) is 17.3 Å². The van der Waals surface area contributed by atoms with E-state index in [4.69, 9.17) is 0 Å². The summed E-state index contributed by atoms with van der Waals surface area (Å²) < 4.78 is 2.83. The van der Waals surface area contributed by atoms with Crippen molar-refractivity contribution in [3.8, 4) is 0 Å². The van der Waals surface area contributed by atoms with Crippen LogP contribution in [-0.4, -0.2) is 31.2 Å². The molecule has 4 rings (SSSR count). The molecule has 1 saturated carbocycles. The number of aliphatic carboxylic acids is 1. The van der Waals surface area contributed by atoms with Crippen molar-refractivity contribution in [1.82, 2.24) is 14.2 Å². The highest BCUT2D eigenvalue weighted by Crippen LogP contribution is 2.58. The maximum atomic E-state index is 12.5. The molecule has 3 aromatic rings. The number of benzene rings is 1. The predicted octanol–water partition coefficient (Wildman–Crippen LogP) is 1.84. The first kappa shape index (κ1) is 18.0. The minimum atomic E-state index is -0.954. The lowest BCUT2D eigenvalue weighted by Crippen LogP contribution is -2.22. The van der Waals surface area contributed by atoms with Crippen molar-refractivity contribution in [3.63, 3.8) is 0 Å². The van der Waals surface area contributed by atoms with Gasteiger partial charge >= 0.3 is 11.7 Å². The molecule has 0 aliphatic heterocycles. The Bertz CT molecular complexity index is 1140. The maximum absolute atomic E-state index is 12.5. The predicted molar refractivity (Wildman–Crippen MR) is 102 cm³/mol. The number of carboxylic acid groups (broad SMARTS) is 1. The summed E-state index contributed by atoms with van der Waals surface area (Å²) in [7, 11) is 0. The van der Waals surface area contributed by atoms with Crippen LogP contribution in [0.3, 0.4) is 0 Å². The zero-order valence-electron chi connectivity index (χ0n) is 15.5. The van der Waals surface area contributed by atoms with Gasteiger partial charge in [0.25, 0.3) is 0 Å². The number of fused-ring (bicyclic) bond motifs is 1. The van der Waals surface area contributed by atoms with Gasteiger partial charge in [-0.1, -0.05) is 32.0 Å². The number of aromatic nitrogens is 3. The van der Waals surface area contributed by atoms with E-state index in [-0.39, 0.29) is 18.1 Å². The molecule has 2 N–H and O–H groups in total. The van der Waals surface area contributed by atoms with E-state index >= 15 is 0 Å². The van der Waals surface area contributed by atoms with Crippen molar-refractivity contribution in [2.45, 2.75) is 20.4 Å². The monoisotopic (exact) mass is 380 g/mol. The van der Waals surface area contributed by atoms with E-state index < -0.39 is 23.2 Å². The standard InChI is InChI=1S/C20H20N4O4/c1-20(2)15(16(20)18(26)27)17(25)21-13-7-5-6-12(10-13)11-24-19(28)23-9-4-3-8-14(23)22-24/h3-10,15-16H,11H2,1-2H3,(H,21,25)(H,26,27)/t15-,16+/m1/s1. The molecule has 2 atom stereocenters. The van der Waals surface area contributed by atoms with Crippen LogP contribution in [0.2, 0.25) is 0 Å². The zero-order chi connectivity index (χ0) is 20.1. The first-order chi connectivity index (χ1) is 13.3. The van der Waals surface area contributed by atoms with Crippen molar-refractivity contribution >= 4 is 23.2 Å². The van der Waals surface area contributed by atoms with E-state index in [1.807, 2.05) is 12.1 Å². The van der Waals surface area contributed by atoms with Crippen LogP contribution in [0.5, 0.6) is 0 Å². The Morgan fingerprint density at radius 2 is 1.96 bits per heavy atom. The van der Waals surface area contributed by atoms with E-state index in [0.717, 1.165) is 5.56 Å². The first-order valence-electron chi connectivity index (χ1n) is 8.96. The number of anilines is 1. The number of rotatable bonds is 5. The summed E-state index contributed by atoms with van der Waals surface area (Å²) in [5, 5.41) is 16.3. The van der Waals surface area contributed by atoms with Gasteiger partial charge in [0.15, 0.2) is 5.65 Å². The molecule has 0 bridgehead atoms. The van der Waals surface area contributed by atoms with Crippen LogP contribution in [0.1, 0.15) is 19.4 Å². The number of nitrogens with zero attached hydrogens (tertiary/aromatic N) is 3. The maximum Gasteiger partial charge on any atom is 0.350 e. The molecule has 1 aliphatic carbocycles. The molecule has 8 heteroatoms. The minimum absolute atomic E-state index is 0.242. The number of carboxylic acids is 1. The Balaban J connectivity index is 1.52. The Labute approximate surface area is 160 Å². The molecule has 144 valence electrons. The Hall–Kier alpha value is -3.42. The van der Waals surface area contributed by atoms with Crippen molar-refractivity contribution in [2.24, 2.45) is 17.3 Å². The second kappa shape index (κ2) is 6.33. The summed E-state index contributed by atoms with van der Waals surface area (Å²) in [6.07, 6.45) is 1.66. The van der Waals surface area contributed by atoms with Crippen LogP contribution < -0.4 is 11.0 Å². The largest absolute Gasteiger partial charge is 0.481 e. The summed E-state index contributed by atoms with van der Waals surface area (Å²) >= 11 is 0. The number of nitrogens with one attached hydrogen (secondary N) is 1. The second-order valence-electron chi connectivity index (χ2n) is 7.67. The van der Waals surface area contributed by atoms with Gasteiger partial charge in [0, 0.05) is 11.9 Å². The van der Waals surface area contributed by atoms with E-state index in [1.165, 1.54) is 9.08 Å². The number of carbonyl (C=O) groups is 2. The van der Waals surface area contributed by atoms with Crippen LogP contribution in [-0.2, 0) is 16.1 Å². The lowest BCUT2D eigenvalue weighted by Gasteiger charge is -2.08. The fourth-order valence-electron chi connectivity index (χ4n) is 3.80. The van der Waals surface area contributed by atoms with Gasteiger partial charge < -0.3 is 10.4 Å². The summed E-state index contributed by atoms with van der Waals surface area (Å²) in [5.74, 6) is -2.49. The van der Waals surface area contributed by atoms with Gasteiger partial charge in [0.05, 0.1) is 18.4 Å². The quantitative estimate of drug-likeness (QED) is 0.703. The Kier molecular flexibility index (Phi) is 4.06. The molecule has 2 aromatic heterocycles. The molecule has 1 aromatic carbocycles. The number of pyridine rings is 1. The lowest BCUT2D eigenvalue weighted by molar-refractivity contribution is -0.140. The normalized spacial score (nSPS) is 20.1. The molecule has 1 fully saturated rings. The van der Waals surface area contributed by atoms with Crippen molar-refractivity contribution < 1.29 is 14.7 Å². The molecule has 8 nitrogen and oxygen atoms in total. The van der Waals surface area contributed by atoms with Gasteiger partial charge in [0.1, 0.15) is 0 Å². The third-order valence-corrected chi connectivity index (χ3v) is 5.39. The average molecular weight is 380 g/mol. The van der Waals surface area contributed by atoms with Crippen molar-refractivity contribution in [2.75, 3.05) is 5.32 Å². The molecular formula is C20H20N4O4. The molecule has 2 heterocycles. The summed E-state index contributed by atoms with van der Waals surface area (Å²) in [5.41, 5.74) is 1.12. The third kappa shape index (κ3) is 2.96. The number of hydrogen-bond donors (Lipinski definition) is 2. The summed E-state index contributed by atoms with van der Waals surface area (Å²) in [6, 6.07) is 12.4. The highest BCUT2D eigenvalue weighted by atomic mass is 16.4. The van der Waals surface area contributed by atoms with Gasteiger partial charge in [-0.25, -0.2) is 9.48 Å². The van der Waals surface area contributed by atoms with Gasteiger partial charge in [-0.2, -0.15) is 0 Å². The average Bonchev–Trinajstić information content (AvgIpc) is 3.11. The van der Waals surface area contributed by atoms with Crippen LogP contribution in [0.25, 0.3) is 5.65 Å². The number of hydrogen-bond acceptors (Lipinski definition) is 4. The second-order valence-corrected chi connectivity index (χ2v) is 7.67. The molecular weight excluding hydrogens is 360 g/mol. The van der Waals surface area contributed by atoms with Crippen LogP contribution in [0.4, 0.5) is 5.69 Å². The van der Waals surface area contributed by atoms with E-state index in [0.29, 0.717) is 11.3 Å². The zero-order valence-corrected chi connectivity index (χ0v) is 15.5. The van der Waals surface area contributed by atoms with E-state index in [9.17, 15) is 19.5 Å². The topological polar surface area (TPSA) is 106 Å². The van der Waals surface area contributed by atoms with Gasteiger partial charge in [-0.15, -0.1) is 5.10 Å². The first-order valence-corrected chi connectivity index (χ1v) is 8.96. The Morgan fingerprint density at radius 1 is 1.18 bits per heavy atom. The fourth-order valence-corrected chi connectivity index (χ4v) is 3.80. The fraction of sp³-hybridized carbons (Fsp3) is 0.300. The smallest absolute Gasteiger partial charge is 0.350 e. The third-order valence-electron chi connectivity index (χ3n) is 5.39. The highest BCUT2D eigenvalue weighted by Gasteiger charge is 2.65. The SMILES string of the molecule is CC1(C)[C@H](C(=O)O)[C@@H]1C(=O)Nc1cccc(Cn2nc3ccccn3c2=O)c1. The highest BCUT2D eigenvalue weighted by molar-refractivity contribution is 5.99.